The molecule has 0 N–H and O–H groups in total. The summed E-state index contributed by atoms with van der Waals surface area (Å²) in [7, 11) is 0. The van der Waals surface area contributed by atoms with Crippen molar-refractivity contribution in [3.63, 3.8) is 0 Å². The van der Waals surface area contributed by atoms with E-state index in [1.165, 1.54) is 42.6 Å². The zero-order valence-electron chi connectivity index (χ0n) is 21.9. The van der Waals surface area contributed by atoms with Gasteiger partial charge < -0.3 is 4.57 Å². The number of imide groups is 1. The molecule has 4 aromatic rings. The van der Waals surface area contributed by atoms with Crippen molar-refractivity contribution in [2.45, 2.75) is 58.4 Å². The summed E-state index contributed by atoms with van der Waals surface area (Å²) in [5.41, 5.74) is 6.65. The van der Waals surface area contributed by atoms with Crippen LogP contribution in [0.2, 0.25) is 0 Å². The standard InChI is InChI=1S/C33H32N2O2S/c1-22-18-29(23(2)35(22)30-16-14-27(15-17-30)25-8-4-3-5-9-25)20-31-32(36)34(33(37)38-31)21-24-12-13-26-10-6-7-11-28(26)19-24/h6-7,10-20,25H,3-5,8-9,21H2,1-2H3/b31-20-. The van der Waals surface area contributed by atoms with E-state index in [-0.39, 0.29) is 17.7 Å². The first kappa shape index (κ1) is 24.7. The first-order chi connectivity index (χ1) is 18.5. The van der Waals surface area contributed by atoms with E-state index in [0.717, 1.165) is 50.7 Å². The Morgan fingerprint density at radius 2 is 1.61 bits per heavy atom. The van der Waals surface area contributed by atoms with E-state index in [1.807, 2.05) is 36.4 Å². The minimum absolute atomic E-state index is 0.221. The van der Waals surface area contributed by atoms with Crippen molar-refractivity contribution in [2.24, 2.45) is 0 Å². The smallest absolute Gasteiger partial charge is 0.293 e. The molecule has 0 bridgehead atoms. The predicted octanol–water partition coefficient (Wildman–Crippen LogP) is 8.53. The summed E-state index contributed by atoms with van der Waals surface area (Å²) in [5, 5.41) is 2.03. The van der Waals surface area contributed by atoms with Gasteiger partial charge in [0.1, 0.15) is 0 Å². The summed E-state index contributed by atoms with van der Waals surface area (Å²) in [6, 6.07) is 25.3. The average Bonchev–Trinajstić information content (AvgIpc) is 3.37. The van der Waals surface area contributed by atoms with E-state index in [0.29, 0.717) is 10.8 Å². The van der Waals surface area contributed by atoms with Crippen LogP contribution in [0.1, 0.15) is 66.1 Å². The molecule has 1 aliphatic heterocycles. The normalized spacial score (nSPS) is 17.7. The summed E-state index contributed by atoms with van der Waals surface area (Å²) < 4.78 is 2.23. The van der Waals surface area contributed by atoms with Crippen LogP contribution in [0.15, 0.2) is 77.7 Å². The molecular weight excluding hydrogens is 488 g/mol. The second-order valence-corrected chi connectivity index (χ2v) is 11.5. The highest BCUT2D eigenvalue weighted by Crippen LogP contribution is 2.36. The van der Waals surface area contributed by atoms with Crippen molar-refractivity contribution in [3.8, 4) is 5.69 Å². The Balaban J connectivity index is 1.22. The molecule has 192 valence electrons. The second kappa shape index (κ2) is 10.3. The van der Waals surface area contributed by atoms with Crippen LogP contribution in [0, 0.1) is 13.8 Å². The third-order valence-electron chi connectivity index (χ3n) is 8.01. The van der Waals surface area contributed by atoms with Crippen molar-refractivity contribution < 1.29 is 9.59 Å². The highest BCUT2D eigenvalue weighted by molar-refractivity contribution is 8.18. The summed E-state index contributed by atoms with van der Waals surface area (Å²) >= 11 is 1.03. The van der Waals surface area contributed by atoms with Crippen LogP contribution < -0.4 is 0 Å². The summed E-state index contributed by atoms with van der Waals surface area (Å²) in [4.78, 5) is 27.9. The van der Waals surface area contributed by atoms with Gasteiger partial charge in [0.25, 0.3) is 11.1 Å². The molecule has 0 spiro atoms. The molecule has 1 saturated carbocycles. The molecule has 6 rings (SSSR count). The van der Waals surface area contributed by atoms with Crippen LogP contribution in [0.3, 0.4) is 0 Å². The summed E-state index contributed by atoms with van der Waals surface area (Å²) in [6.45, 7) is 4.44. The van der Waals surface area contributed by atoms with Gasteiger partial charge in [0.2, 0.25) is 0 Å². The van der Waals surface area contributed by atoms with Crippen LogP contribution in [0.5, 0.6) is 0 Å². The number of benzene rings is 3. The molecule has 1 saturated heterocycles. The predicted molar refractivity (Wildman–Crippen MR) is 157 cm³/mol. The molecule has 0 atom stereocenters. The van der Waals surface area contributed by atoms with E-state index < -0.39 is 0 Å². The number of thioether (sulfide) groups is 1. The number of hydrogen-bond donors (Lipinski definition) is 0. The van der Waals surface area contributed by atoms with Crippen molar-refractivity contribution in [1.82, 2.24) is 9.47 Å². The van der Waals surface area contributed by atoms with Gasteiger partial charge in [-0.15, -0.1) is 0 Å². The van der Waals surface area contributed by atoms with Crippen molar-refractivity contribution >= 4 is 39.8 Å². The number of hydrogen-bond acceptors (Lipinski definition) is 3. The van der Waals surface area contributed by atoms with Crippen LogP contribution in [0.25, 0.3) is 22.5 Å². The Morgan fingerprint density at radius 1 is 0.868 bits per heavy atom. The maximum atomic E-state index is 13.3. The molecule has 1 aliphatic carbocycles. The lowest BCUT2D eigenvalue weighted by molar-refractivity contribution is -0.123. The Morgan fingerprint density at radius 3 is 2.37 bits per heavy atom. The van der Waals surface area contributed by atoms with E-state index in [1.54, 1.807) is 0 Å². The third kappa shape index (κ3) is 4.71. The Bertz CT molecular complexity index is 1560. The highest BCUT2D eigenvalue weighted by Gasteiger charge is 2.35. The quantitative estimate of drug-likeness (QED) is 0.248. The van der Waals surface area contributed by atoms with Crippen LogP contribution in [0.4, 0.5) is 4.79 Å². The van der Waals surface area contributed by atoms with Crippen molar-refractivity contribution in [3.05, 3.63) is 106 Å². The van der Waals surface area contributed by atoms with Gasteiger partial charge in [0.05, 0.1) is 11.4 Å². The molecule has 38 heavy (non-hydrogen) atoms. The molecule has 5 heteroatoms. The number of carbonyl (C=O) groups is 2. The average molecular weight is 521 g/mol. The van der Waals surface area contributed by atoms with Gasteiger partial charge in [0.15, 0.2) is 0 Å². The summed E-state index contributed by atoms with van der Waals surface area (Å²) in [5.74, 6) is 0.459. The fourth-order valence-corrected chi connectivity index (χ4v) is 6.79. The molecule has 3 aromatic carbocycles. The molecular formula is C33H32N2O2S. The molecule has 2 amide bonds. The zero-order chi connectivity index (χ0) is 26.2. The van der Waals surface area contributed by atoms with Gasteiger partial charge in [0, 0.05) is 17.1 Å². The van der Waals surface area contributed by atoms with Gasteiger partial charge in [-0.2, -0.15) is 0 Å². The fourth-order valence-electron chi connectivity index (χ4n) is 5.96. The number of amides is 2. The number of carbonyl (C=O) groups excluding carboxylic acids is 2. The van der Waals surface area contributed by atoms with E-state index in [9.17, 15) is 9.59 Å². The minimum Gasteiger partial charge on any atom is -0.318 e. The maximum Gasteiger partial charge on any atom is 0.293 e. The number of aryl methyl sites for hydroxylation is 1. The Kier molecular flexibility index (Phi) is 6.71. The van der Waals surface area contributed by atoms with E-state index >= 15 is 0 Å². The largest absolute Gasteiger partial charge is 0.318 e. The number of nitrogens with zero attached hydrogens (tertiary/aromatic N) is 2. The van der Waals surface area contributed by atoms with Gasteiger partial charge in [-0.25, -0.2) is 0 Å². The van der Waals surface area contributed by atoms with Gasteiger partial charge in [-0.3, -0.25) is 14.5 Å². The number of aromatic nitrogens is 1. The van der Waals surface area contributed by atoms with Crippen LogP contribution in [-0.2, 0) is 11.3 Å². The molecule has 0 unspecified atom stereocenters. The highest BCUT2D eigenvalue weighted by atomic mass is 32.2. The molecule has 0 radical (unpaired) electrons. The van der Waals surface area contributed by atoms with Gasteiger partial charge in [-0.05, 0) is 102 Å². The topological polar surface area (TPSA) is 42.3 Å². The molecule has 2 aliphatic rings. The minimum atomic E-state index is -0.227. The molecule has 2 fully saturated rings. The fraction of sp³-hybridized carbons (Fsp3) is 0.273. The lowest BCUT2D eigenvalue weighted by Gasteiger charge is -2.22. The molecule has 4 nitrogen and oxygen atoms in total. The molecule has 1 aromatic heterocycles. The lowest BCUT2D eigenvalue weighted by Crippen LogP contribution is -2.27. The maximum absolute atomic E-state index is 13.3. The van der Waals surface area contributed by atoms with Crippen molar-refractivity contribution in [2.75, 3.05) is 0 Å². The van der Waals surface area contributed by atoms with Crippen molar-refractivity contribution in [1.29, 1.82) is 0 Å². The first-order valence-corrected chi connectivity index (χ1v) is 14.3. The van der Waals surface area contributed by atoms with Crippen LogP contribution >= 0.6 is 11.8 Å². The van der Waals surface area contributed by atoms with E-state index in [2.05, 4.69) is 60.9 Å². The molecule has 2 heterocycles. The number of fused-ring (bicyclic) bond motifs is 1. The third-order valence-corrected chi connectivity index (χ3v) is 8.92. The first-order valence-electron chi connectivity index (χ1n) is 13.5. The Hall–Kier alpha value is -3.57. The van der Waals surface area contributed by atoms with E-state index in [4.69, 9.17) is 0 Å². The SMILES string of the molecule is Cc1cc(/C=C2\SC(=O)N(Cc3ccc4ccccc4c3)C2=O)c(C)n1-c1ccc(C2CCCCC2)cc1. The second-order valence-electron chi connectivity index (χ2n) is 10.5. The summed E-state index contributed by atoms with van der Waals surface area (Å²) in [6.07, 6.45) is 8.49. The monoisotopic (exact) mass is 520 g/mol. The number of rotatable bonds is 5. The zero-order valence-corrected chi connectivity index (χ0v) is 22.8. The van der Waals surface area contributed by atoms with Gasteiger partial charge in [-0.1, -0.05) is 67.8 Å². The van der Waals surface area contributed by atoms with Gasteiger partial charge >= 0.3 is 0 Å². The lowest BCUT2D eigenvalue weighted by atomic mass is 9.84. The Labute approximate surface area is 228 Å². The van der Waals surface area contributed by atoms with Crippen LogP contribution in [-0.4, -0.2) is 20.6 Å².